The topological polar surface area (TPSA) is 52.6 Å². The molecule has 0 aromatic rings. The van der Waals surface area contributed by atoms with Crippen LogP contribution in [-0.2, 0) is 18.4 Å². The first kappa shape index (κ1) is 16.6. The van der Waals surface area contributed by atoms with Gasteiger partial charge in [0, 0.05) is 5.92 Å². The van der Waals surface area contributed by atoms with Gasteiger partial charge in [-0.1, -0.05) is 19.9 Å². The van der Waals surface area contributed by atoms with Gasteiger partial charge < -0.3 is 9.05 Å². The Bertz CT molecular complexity index is 289. The Kier molecular flexibility index (Phi) is 7.60. The van der Waals surface area contributed by atoms with Crippen LogP contribution >= 0.6 is 7.60 Å². The van der Waals surface area contributed by atoms with Crippen LogP contribution in [0.1, 0.15) is 34.1 Å². The first-order valence-corrected chi connectivity index (χ1v) is 7.51. The molecule has 0 aliphatic carbocycles. The average Bonchev–Trinajstić information content (AvgIpc) is 2.25. The van der Waals surface area contributed by atoms with Crippen molar-refractivity contribution in [2.45, 2.75) is 34.1 Å². The lowest BCUT2D eigenvalue weighted by atomic mass is 9.94. The van der Waals surface area contributed by atoms with Crippen LogP contribution in [-0.4, -0.2) is 18.7 Å². The second-order valence-electron chi connectivity index (χ2n) is 4.05. The maximum Gasteiger partial charge on any atom is 0.396 e. The van der Waals surface area contributed by atoms with Gasteiger partial charge >= 0.3 is 7.60 Å². The van der Waals surface area contributed by atoms with Crippen molar-refractivity contribution in [3.8, 4) is 0 Å². The second-order valence-corrected chi connectivity index (χ2v) is 6.00. The van der Waals surface area contributed by atoms with Gasteiger partial charge in [0.15, 0.2) is 0 Å². The first-order valence-electron chi connectivity index (χ1n) is 5.97. The molecule has 1 atom stereocenters. The standard InChI is InChI=1S/C12H23O4P/c1-6-9-11(10(4)5)12(13)17(14,15-7-2)16-8-3/h6,10-11H,1,7-9H2,2-5H3/t11-/m1/s1. The third-order valence-electron chi connectivity index (χ3n) is 2.41. The molecule has 0 spiro atoms. The van der Waals surface area contributed by atoms with Gasteiger partial charge in [-0.25, -0.2) is 0 Å². The van der Waals surface area contributed by atoms with Crippen LogP contribution < -0.4 is 0 Å². The van der Waals surface area contributed by atoms with Crippen LogP contribution in [0.2, 0.25) is 0 Å². The molecule has 4 nitrogen and oxygen atoms in total. The average molecular weight is 262 g/mol. The Morgan fingerprint density at radius 1 is 1.29 bits per heavy atom. The van der Waals surface area contributed by atoms with Crippen LogP contribution in [0.3, 0.4) is 0 Å². The molecule has 0 bridgehead atoms. The third kappa shape index (κ3) is 4.74. The summed E-state index contributed by atoms with van der Waals surface area (Å²) in [5, 5.41) is 0. The van der Waals surface area contributed by atoms with Gasteiger partial charge in [0.1, 0.15) is 0 Å². The summed E-state index contributed by atoms with van der Waals surface area (Å²) in [6.07, 6.45) is 2.14. The molecule has 0 radical (unpaired) electrons. The minimum absolute atomic E-state index is 0.0785. The molecule has 0 N–H and O–H groups in total. The van der Waals surface area contributed by atoms with E-state index in [9.17, 15) is 9.36 Å². The largest absolute Gasteiger partial charge is 0.396 e. The number of carbonyl (C=O) groups is 1. The van der Waals surface area contributed by atoms with E-state index in [1.54, 1.807) is 19.9 Å². The Hall–Kier alpha value is -0.440. The summed E-state index contributed by atoms with van der Waals surface area (Å²) in [6, 6.07) is 0. The molecule has 17 heavy (non-hydrogen) atoms. The molecular formula is C12H23O4P. The molecule has 0 aliphatic rings. The summed E-state index contributed by atoms with van der Waals surface area (Å²) in [5.41, 5.74) is -0.434. The lowest BCUT2D eigenvalue weighted by molar-refractivity contribution is -0.118. The number of rotatable bonds is 9. The van der Waals surface area contributed by atoms with Gasteiger partial charge in [0.2, 0.25) is 5.52 Å². The van der Waals surface area contributed by atoms with E-state index < -0.39 is 13.1 Å². The summed E-state index contributed by atoms with van der Waals surface area (Å²) in [7, 11) is -3.64. The van der Waals surface area contributed by atoms with E-state index >= 15 is 0 Å². The lowest BCUT2D eigenvalue weighted by Gasteiger charge is -2.23. The van der Waals surface area contributed by atoms with E-state index in [4.69, 9.17) is 9.05 Å². The predicted octanol–water partition coefficient (Wildman–Crippen LogP) is 3.63. The molecular weight excluding hydrogens is 239 g/mol. The van der Waals surface area contributed by atoms with Gasteiger partial charge in [0.25, 0.3) is 0 Å². The van der Waals surface area contributed by atoms with Crippen molar-refractivity contribution < 1.29 is 18.4 Å². The fraction of sp³-hybridized carbons (Fsp3) is 0.750. The predicted molar refractivity (Wildman–Crippen MR) is 69.0 cm³/mol. The quantitative estimate of drug-likeness (QED) is 0.470. The molecule has 0 saturated carbocycles. The molecule has 0 aromatic carbocycles. The van der Waals surface area contributed by atoms with Gasteiger partial charge in [-0.15, -0.1) is 6.58 Å². The summed E-state index contributed by atoms with van der Waals surface area (Å²) < 4.78 is 22.4. The first-order chi connectivity index (χ1) is 7.92. The molecule has 0 saturated heterocycles. The van der Waals surface area contributed by atoms with Crippen molar-refractivity contribution in [2.75, 3.05) is 13.2 Å². The lowest BCUT2D eigenvalue weighted by Crippen LogP contribution is -2.22. The molecule has 0 aromatic heterocycles. The molecule has 100 valence electrons. The van der Waals surface area contributed by atoms with Crippen molar-refractivity contribution in [3.63, 3.8) is 0 Å². The number of hydrogen-bond acceptors (Lipinski definition) is 4. The second kappa shape index (κ2) is 7.80. The Morgan fingerprint density at radius 2 is 1.76 bits per heavy atom. The van der Waals surface area contributed by atoms with Crippen molar-refractivity contribution in [2.24, 2.45) is 11.8 Å². The van der Waals surface area contributed by atoms with Crippen LogP contribution in [0.4, 0.5) is 0 Å². The number of hydrogen-bond donors (Lipinski definition) is 0. The summed E-state index contributed by atoms with van der Waals surface area (Å²) in [4.78, 5) is 12.2. The normalized spacial score (nSPS) is 13.7. The fourth-order valence-corrected chi connectivity index (χ4v) is 3.36. The fourth-order valence-electron chi connectivity index (χ4n) is 1.55. The zero-order chi connectivity index (χ0) is 13.5. The van der Waals surface area contributed by atoms with Crippen molar-refractivity contribution in [1.29, 1.82) is 0 Å². The SMILES string of the molecule is C=CC[C@@H](C(=O)P(=O)(OCC)OCC)C(C)C. The zero-order valence-corrected chi connectivity index (χ0v) is 12.0. The van der Waals surface area contributed by atoms with Crippen molar-refractivity contribution in [1.82, 2.24) is 0 Å². The highest BCUT2D eigenvalue weighted by molar-refractivity contribution is 7.71. The highest BCUT2D eigenvalue weighted by atomic mass is 31.2. The summed E-state index contributed by atoms with van der Waals surface area (Å²) >= 11 is 0. The Labute approximate surface area is 104 Å². The molecule has 0 rings (SSSR count). The third-order valence-corrected chi connectivity index (χ3v) is 4.48. The maximum atomic E-state index is 12.3. The molecule has 0 unspecified atom stereocenters. The molecule has 0 amide bonds. The van der Waals surface area contributed by atoms with Crippen molar-refractivity contribution >= 4 is 13.1 Å². The van der Waals surface area contributed by atoms with Gasteiger partial charge in [-0.2, -0.15) is 0 Å². The zero-order valence-electron chi connectivity index (χ0n) is 11.1. The van der Waals surface area contributed by atoms with E-state index in [2.05, 4.69) is 6.58 Å². The van der Waals surface area contributed by atoms with Gasteiger partial charge in [-0.3, -0.25) is 9.36 Å². The summed E-state index contributed by atoms with van der Waals surface area (Å²) in [5.74, 6) is -0.286. The highest BCUT2D eigenvalue weighted by Gasteiger charge is 2.40. The molecule has 0 heterocycles. The van der Waals surface area contributed by atoms with E-state index in [0.717, 1.165) is 0 Å². The molecule has 0 fully saturated rings. The van der Waals surface area contributed by atoms with Gasteiger partial charge in [-0.05, 0) is 26.2 Å². The maximum absolute atomic E-state index is 12.3. The van der Waals surface area contributed by atoms with E-state index in [0.29, 0.717) is 6.42 Å². The number of allylic oxidation sites excluding steroid dienone is 1. The van der Waals surface area contributed by atoms with Gasteiger partial charge in [0.05, 0.1) is 13.2 Å². The van der Waals surface area contributed by atoms with Crippen LogP contribution in [0.25, 0.3) is 0 Å². The van der Waals surface area contributed by atoms with Crippen LogP contribution in [0, 0.1) is 11.8 Å². The Morgan fingerprint density at radius 3 is 2.06 bits per heavy atom. The molecule has 0 aliphatic heterocycles. The smallest absolute Gasteiger partial charge is 0.303 e. The highest BCUT2D eigenvalue weighted by Crippen LogP contribution is 2.52. The van der Waals surface area contributed by atoms with Crippen LogP contribution in [0.5, 0.6) is 0 Å². The Balaban J connectivity index is 5.02. The van der Waals surface area contributed by atoms with E-state index in [1.807, 2.05) is 13.8 Å². The van der Waals surface area contributed by atoms with Crippen molar-refractivity contribution in [3.05, 3.63) is 12.7 Å². The number of carbonyl (C=O) groups excluding carboxylic acids is 1. The van der Waals surface area contributed by atoms with Crippen LogP contribution in [0.15, 0.2) is 12.7 Å². The minimum Gasteiger partial charge on any atom is -0.303 e. The molecule has 5 heteroatoms. The van der Waals surface area contributed by atoms with E-state index in [1.165, 1.54) is 0 Å². The van der Waals surface area contributed by atoms with E-state index in [-0.39, 0.29) is 25.0 Å². The monoisotopic (exact) mass is 262 g/mol. The minimum atomic E-state index is -3.64. The summed E-state index contributed by atoms with van der Waals surface area (Å²) in [6.45, 7) is 11.2.